The third-order valence-corrected chi connectivity index (χ3v) is 3.46. The first-order chi connectivity index (χ1) is 12.2. The molecule has 6 heteroatoms. The maximum Gasteiger partial charge on any atom is 0.274 e. The molecular weight excluding hydrogens is 318 g/mol. The highest BCUT2D eigenvalue weighted by Gasteiger charge is 2.09. The van der Waals surface area contributed by atoms with Crippen LogP contribution in [0.4, 0.5) is 11.4 Å². The van der Waals surface area contributed by atoms with Crippen LogP contribution in [-0.4, -0.2) is 17.5 Å². The second-order valence-corrected chi connectivity index (χ2v) is 5.27. The Balaban J connectivity index is 1.62. The van der Waals surface area contributed by atoms with E-state index < -0.39 is 0 Å². The summed E-state index contributed by atoms with van der Waals surface area (Å²) in [5.74, 6) is 1.31. The fraction of sp³-hybridized carbons (Fsp3) is 0.158. The molecule has 0 fully saturated rings. The van der Waals surface area contributed by atoms with Crippen LogP contribution < -0.4 is 15.4 Å². The summed E-state index contributed by atoms with van der Waals surface area (Å²) in [6, 6.07) is 14.4. The maximum atomic E-state index is 12.4. The van der Waals surface area contributed by atoms with Crippen molar-refractivity contribution in [2.75, 3.05) is 17.2 Å². The highest BCUT2D eigenvalue weighted by Crippen LogP contribution is 2.17. The van der Waals surface area contributed by atoms with E-state index >= 15 is 0 Å². The van der Waals surface area contributed by atoms with E-state index in [1.807, 2.05) is 31.2 Å². The van der Waals surface area contributed by atoms with E-state index in [0.29, 0.717) is 24.5 Å². The Hall–Kier alpha value is -3.28. The van der Waals surface area contributed by atoms with Gasteiger partial charge in [-0.15, -0.1) is 0 Å². The molecule has 0 saturated carbocycles. The number of anilines is 2. The van der Waals surface area contributed by atoms with Crippen LogP contribution >= 0.6 is 0 Å². The predicted octanol–water partition coefficient (Wildman–Crippen LogP) is 3.94. The fourth-order valence-electron chi connectivity index (χ4n) is 2.26. The number of carbonyl (C=O) groups excluding carboxylic acids is 1. The molecule has 25 heavy (non-hydrogen) atoms. The number of hydrogen-bond donors (Lipinski definition) is 2. The van der Waals surface area contributed by atoms with Gasteiger partial charge in [0.2, 0.25) is 0 Å². The predicted molar refractivity (Wildman–Crippen MR) is 95.8 cm³/mol. The minimum Gasteiger partial charge on any atom is -0.494 e. The van der Waals surface area contributed by atoms with Crippen molar-refractivity contribution < 1.29 is 13.9 Å². The van der Waals surface area contributed by atoms with Crippen LogP contribution in [0.3, 0.4) is 0 Å². The molecule has 3 rings (SSSR count). The van der Waals surface area contributed by atoms with Crippen LogP contribution in [0.1, 0.15) is 23.2 Å². The lowest BCUT2D eigenvalue weighted by Crippen LogP contribution is -2.14. The molecule has 0 atom stereocenters. The summed E-state index contributed by atoms with van der Waals surface area (Å²) in [6.07, 6.45) is 3.22. The van der Waals surface area contributed by atoms with Gasteiger partial charge in [-0.05, 0) is 55.5 Å². The quantitative estimate of drug-likeness (QED) is 0.683. The number of ether oxygens (including phenoxy) is 1. The number of amides is 1. The Morgan fingerprint density at radius 3 is 2.72 bits per heavy atom. The van der Waals surface area contributed by atoms with E-state index in [-0.39, 0.29) is 5.91 Å². The number of furan rings is 1. The van der Waals surface area contributed by atoms with Crippen LogP contribution in [0, 0.1) is 0 Å². The van der Waals surface area contributed by atoms with Gasteiger partial charge in [-0.1, -0.05) is 0 Å². The first-order valence-electron chi connectivity index (χ1n) is 8.01. The van der Waals surface area contributed by atoms with E-state index in [2.05, 4.69) is 15.6 Å². The highest BCUT2D eigenvalue weighted by molar-refractivity contribution is 6.03. The Morgan fingerprint density at radius 2 is 2.00 bits per heavy atom. The molecule has 2 heterocycles. The standard InChI is InChI=1S/C19H19N3O3/c1-2-24-16-7-5-14(6-8-16)22-19(23)18-12-15(9-10-20-18)21-13-17-4-3-11-25-17/h3-12H,2,13H2,1H3,(H,20,21)(H,22,23). The molecule has 2 N–H and O–H groups in total. The van der Waals surface area contributed by atoms with Crippen molar-refractivity contribution in [2.24, 2.45) is 0 Å². The topological polar surface area (TPSA) is 76.4 Å². The second kappa shape index (κ2) is 8.01. The molecule has 0 saturated heterocycles. The van der Waals surface area contributed by atoms with E-state index in [1.54, 1.807) is 36.7 Å². The third-order valence-electron chi connectivity index (χ3n) is 3.46. The zero-order valence-electron chi connectivity index (χ0n) is 13.9. The van der Waals surface area contributed by atoms with Gasteiger partial charge in [0.25, 0.3) is 5.91 Å². The summed E-state index contributed by atoms with van der Waals surface area (Å²) in [7, 11) is 0. The van der Waals surface area contributed by atoms with E-state index in [9.17, 15) is 4.79 Å². The number of aromatic nitrogens is 1. The van der Waals surface area contributed by atoms with Gasteiger partial charge in [0, 0.05) is 17.6 Å². The van der Waals surface area contributed by atoms with Gasteiger partial charge in [-0.3, -0.25) is 9.78 Å². The van der Waals surface area contributed by atoms with E-state index in [0.717, 1.165) is 17.2 Å². The fourth-order valence-corrected chi connectivity index (χ4v) is 2.26. The smallest absolute Gasteiger partial charge is 0.274 e. The monoisotopic (exact) mass is 337 g/mol. The summed E-state index contributed by atoms with van der Waals surface area (Å²) in [5, 5.41) is 6.02. The summed E-state index contributed by atoms with van der Waals surface area (Å²) in [6.45, 7) is 3.07. The van der Waals surface area contributed by atoms with Crippen molar-refractivity contribution in [3.8, 4) is 5.75 Å². The van der Waals surface area contributed by atoms with E-state index in [4.69, 9.17) is 9.15 Å². The Labute approximate surface area is 145 Å². The average Bonchev–Trinajstić information content (AvgIpc) is 3.16. The molecule has 6 nitrogen and oxygen atoms in total. The molecule has 128 valence electrons. The number of rotatable bonds is 7. The van der Waals surface area contributed by atoms with Gasteiger partial charge < -0.3 is 19.8 Å². The van der Waals surface area contributed by atoms with E-state index in [1.165, 1.54) is 0 Å². The van der Waals surface area contributed by atoms with Crippen LogP contribution in [0.2, 0.25) is 0 Å². The average molecular weight is 337 g/mol. The van der Waals surface area contributed by atoms with Crippen molar-refractivity contribution in [3.63, 3.8) is 0 Å². The first kappa shape index (κ1) is 16.6. The molecule has 0 spiro atoms. The lowest BCUT2D eigenvalue weighted by molar-refractivity contribution is 0.102. The largest absolute Gasteiger partial charge is 0.494 e. The van der Waals surface area contributed by atoms with Crippen molar-refractivity contribution in [2.45, 2.75) is 13.5 Å². The Kier molecular flexibility index (Phi) is 5.31. The van der Waals surface area contributed by atoms with Crippen LogP contribution in [0.25, 0.3) is 0 Å². The molecule has 0 aliphatic rings. The molecule has 0 bridgehead atoms. The molecule has 3 aromatic rings. The van der Waals surface area contributed by atoms with Gasteiger partial charge in [0.05, 0.1) is 19.4 Å². The lowest BCUT2D eigenvalue weighted by Gasteiger charge is -2.08. The second-order valence-electron chi connectivity index (χ2n) is 5.27. The number of benzene rings is 1. The summed E-state index contributed by atoms with van der Waals surface area (Å²) >= 11 is 0. The van der Waals surface area contributed by atoms with Gasteiger partial charge in [0.1, 0.15) is 17.2 Å². The van der Waals surface area contributed by atoms with Crippen molar-refractivity contribution >= 4 is 17.3 Å². The molecular formula is C19H19N3O3. The van der Waals surface area contributed by atoms with Gasteiger partial charge in [-0.2, -0.15) is 0 Å². The third kappa shape index (κ3) is 4.60. The first-order valence-corrected chi connectivity index (χ1v) is 8.01. The van der Waals surface area contributed by atoms with Gasteiger partial charge in [-0.25, -0.2) is 0 Å². The van der Waals surface area contributed by atoms with Crippen molar-refractivity contribution in [3.05, 3.63) is 72.4 Å². The molecule has 0 aliphatic heterocycles. The summed E-state index contributed by atoms with van der Waals surface area (Å²) in [5.41, 5.74) is 1.81. The zero-order chi connectivity index (χ0) is 17.5. The lowest BCUT2D eigenvalue weighted by atomic mass is 10.2. The van der Waals surface area contributed by atoms with Crippen LogP contribution in [-0.2, 0) is 6.54 Å². The minimum atomic E-state index is -0.272. The minimum absolute atomic E-state index is 0.272. The highest BCUT2D eigenvalue weighted by atomic mass is 16.5. The number of hydrogen-bond acceptors (Lipinski definition) is 5. The molecule has 2 aromatic heterocycles. The summed E-state index contributed by atoms with van der Waals surface area (Å²) < 4.78 is 10.7. The van der Waals surface area contributed by atoms with Crippen molar-refractivity contribution in [1.29, 1.82) is 0 Å². The van der Waals surface area contributed by atoms with Crippen LogP contribution in [0.5, 0.6) is 5.75 Å². The normalized spacial score (nSPS) is 10.3. The summed E-state index contributed by atoms with van der Waals surface area (Å²) in [4.78, 5) is 16.5. The number of nitrogens with zero attached hydrogens (tertiary/aromatic N) is 1. The van der Waals surface area contributed by atoms with Gasteiger partial charge >= 0.3 is 0 Å². The maximum absolute atomic E-state index is 12.4. The Bertz CT molecular complexity index is 814. The Morgan fingerprint density at radius 1 is 1.16 bits per heavy atom. The van der Waals surface area contributed by atoms with Crippen LogP contribution in [0.15, 0.2) is 65.4 Å². The number of pyridine rings is 1. The molecule has 0 radical (unpaired) electrons. The number of carbonyl (C=O) groups is 1. The zero-order valence-corrected chi connectivity index (χ0v) is 13.9. The van der Waals surface area contributed by atoms with Crippen molar-refractivity contribution in [1.82, 2.24) is 4.98 Å². The molecule has 1 amide bonds. The molecule has 1 aromatic carbocycles. The molecule has 0 aliphatic carbocycles. The van der Waals surface area contributed by atoms with Gasteiger partial charge in [0.15, 0.2) is 0 Å². The number of nitrogens with one attached hydrogen (secondary N) is 2. The molecule has 0 unspecified atom stereocenters. The SMILES string of the molecule is CCOc1ccc(NC(=O)c2cc(NCc3ccco3)ccn2)cc1.